The van der Waals surface area contributed by atoms with Gasteiger partial charge in [0.2, 0.25) is 0 Å². The summed E-state index contributed by atoms with van der Waals surface area (Å²) in [7, 11) is 0. The number of hydrogen-bond donors (Lipinski definition) is 3. The molecule has 2 rings (SSSR count). The van der Waals surface area contributed by atoms with Gasteiger partial charge in [-0.25, -0.2) is 4.79 Å². The summed E-state index contributed by atoms with van der Waals surface area (Å²) in [6.07, 6.45) is 4.65. The summed E-state index contributed by atoms with van der Waals surface area (Å²) in [5.74, 6) is 0.402. The molecule has 0 heterocycles. The molecule has 126 valence electrons. The Morgan fingerprint density at radius 3 is 2.83 bits per heavy atom. The highest BCUT2D eigenvalue weighted by Gasteiger charge is 2.19. The molecule has 1 aliphatic rings. The molecule has 1 aromatic carbocycles. The van der Waals surface area contributed by atoms with Crippen LogP contribution in [-0.4, -0.2) is 36.9 Å². The lowest BCUT2D eigenvalue weighted by molar-refractivity contribution is 0.0924. The van der Waals surface area contributed by atoms with Crippen molar-refractivity contribution in [3.05, 3.63) is 48.0 Å². The van der Waals surface area contributed by atoms with Crippen molar-refractivity contribution < 1.29 is 14.6 Å². The van der Waals surface area contributed by atoms with E-state index in [1.807, 2.05) is 49.4 Å². The van der Waals surface area contributed by atoms with Gasteiger partial charge in [0.1, 0.15) is 0 Å². The Bertz CT molecular complexity index is 504. The van der Waals surface area contributed by atoms with Crippen molar-refractivity contribution in [3.8, 4) is 0 Å². The van der Waals surface area contributed by atoms with Crippen molar-refractivity contribution >= 4 is 6.03 Å². The monoisotopic (exact) mass is 318 g/mol. The first-order chi connectivity index (χ1) is 11.2. The quantitative estimate of drug-likeness (QED) is 0.643. The zero-order valence-electron chi connectivity index (χ0n) is 13.6. The summed E-state index contributed by atoms with van der Waals surface area (Å²) in [6.45, 7) is 3.94. The smallest absolute Gasteiger partial charge is 0.315 e. The van der Waals surface area contributed by atoms with Crippen molar-refractivity contribution in [2.24, 2.45) is 11.8 Å². The van der Waals surface area contributed by atoms with Gasteiger partial charge in [-0.15, -0.1) is 0 Å². The number of urea groups is 1. The molecular weight excluding hydrogens is 292 g/mol. The molecule has 23 heavy (non-hydrogen) atoms. The summed E-state index contributed by atoms with van der Waals surface area (Å²) >= 11 is 0. The average molecular weight is 318 g/mol. The van der Waals surface area contributed by atoms with Crippen LogP contribution in [0.15, 0.2) is 42.5 Å². The Balaban J connectivity index is 1.56. The maximum atomic E-state index is 11.8. The van der Waals surface area contributed by atoms with Gasteiger partial charge >= 0.3 is 6.03 Å². The molecule has 1 aliphatic carbocycles. The molecule has 0 radical (unpaired) electrons. The average Bonchev–Trinajstić information content (AvgIpc) is 3.01. The van der Waals surface area contributed by atoms with Gasteiger partial charge in [0, 0.05) is 25.1 Å². The molecule has 0 saturated carbocycles. The van der Waals surface area contributed by atoms with Gasteiger partial charge in [0.15, 0.2) is 0 Å². The fraction of sp³-hybridized carbons (Fsp3) is 0.500. The Morgan fingerprint density at radius 1 is 1.35 bits per heavy atom. The first kappa shape index (κ1) is 17.5. The van der Waals surface area contributed by atoms with Crippen molar-refractivity contribution in [1.29, 1.82) is 0 Å². The second-order valence-electron chi connectivity index (χ2n) is 6.13. The topological polar surface area (TPSA) is 70.6 Å². The first-order valence-corrected chi connectivity index (χ1v) is 8.12. The third-order valence-electron chi connectivity index (χ3n) is 3.85. The van der Waals surface area contributed by atoms with E-state index in [-0.39, 0.29) is 30.5 Å². The molecule has 2 amide bonds. The molecule has 0 bridgehead atoms. The maximum Gasteiger partial charge on any atom is 0.315 e. The van der Waals surface area contributed by atoms with E-state index < -0.39 is 0 Å². The number of amides is 2. The minimum atomic E-state index is -0.173. The van der Waals surface area contributed by atoms with Crippen LogP contribution in [0.2, 0.25) is 0 Å². The molecule has 3 atom stereocenters. The van der Waals surface area contributed by atoms with E-state index in [1.54, 1.807) is 0 Å². The zero-order chi connectivity index (χ0) is 16.5. The highest BCUT2D eigenvalue weighted by atomic mass is 16.5. The summed E-state index contributed by atoms with van der Waals surface area (Å²) in [5.41, 5.74) is 1.15. The number of carbonyl (C=O) groups excluding carboxylic acids is 1. The molecule has 0 saturated heterocycles. The Labute approximate surface area is 137 Å². The van der Waals surface area contributed by atoms with Gasteiger partial charge in [0.25, 0.3) is 0 Å². The van der Waals surface area contributed by atoms with Crippen LogP contribution in [0, 0.1) is 11.8 Å². The number of rotatable bonds is 8. The minimum Gasteiger partial charge on any atom is -0.396 e. The van der Waals surface area contributed by atoms with Gasteiger partial charge in [-0.1, -0.05) is 49.4 Å². The van der Waals surface area contributed by atoms with Gasteiger partial charge in [-0.05, 0) is 17.9 Å². The fourth-order valence-corrected chi connectivity index (χ4v) is 2.51. The van der Waals surface area contributed by atoms with E-state index in [1.165, 1.54) is 0 Å². The maximum absolute atomic E-state index is 11.8. The van der Waals surface area contributed by atoms with Gasteiger partial charge in [-0.2, -0.15) is 0 Å². The van der Waals surface area contributed by atoms with E-state index in [9.17, 15) is 4.79 Å². The SMILES string of the molecule is CC(CNC(=O)N[C@@H]1C=C[C@H](CO)C1)COCc1ccccc1. The molecule has 1 unspecified atom stereocenters. The Kier molecular flexibility index (Phi) is 7.10. The summed E-state index contributed by atoms with van der Waals surface area (Å²) in [6, 6.07) is 9.87. The number of hydrogen-bond acceptors (Lipinski definition) is 3. The Morgan fingerprint density at radius 2 is 2.13 bits per heavy atom. The number of ether oxygens (including phenoxy) is 1. The first-order valence-electron chi connectivity index (χ1n) is 8.12. The molecule has 0 fully saturated rings. The van der Waals surface area contributed by atoms with E-state index in [0.717, 1.165) is 12.0 Å². The standard InChI is InChI=1S/C18H26N2O3/c1-14(12-23-13-15-5-3-2-4-6-15)10-19-18(22)20-17-8-7-16(9-17)11-21/h2-8,14,16-17,21H,9-13H2,1H3,(H2,19,20,22)/t14?,16-,17+/m0/s1. The van der Waals surface area contributed by atoms with Gasteiger partial charge in [-0.3, -0.25) is 0 Å². The second-order valence-corrected chi connectivity index (χ2v) is 6.13. The summed E-state index contributed by atoms with van der Waals surface area (Å²) in [5, 5.41) is 14.8. The number of aliphatic hydroxyl groups is 1. The number of aliphatic hydroxyl groups excluding tert-OH is 1. The van der Waals surface area contributed by atoms with Crippen LogP contribution in [0.3, 0.4) is 0 Å². The largest absolute Gasteiger partial charge is 0.396 e. The van der Waals surface area contributed by atoms with Gasteiger partial charge in [0.05, 0.1) is 13.2 Å². The summed E-state index contributed by atoms with van der Waals surface area (Å²) < 4.78 is 5.67. The number of nitrogens with one attached hydrogen (secondary N) is 2. The van der Waals surface area contributed by atoms with E-state index >= 15 is 0 Å². The van der Waals surface area contributed by atoms with Crippen molar-refractivity contribution in [1.82, 2.24) is 10.6 Å². The van der Waals surface area contributed by atoms with E-state index in [4.69, 9.17) is 9.84 Å². The second kappa shape index (κ2) is 9.33. The predicted molar refractivity (Wildman–Crippen MR) is 89.9 cm³/mol. The van der Waals surface area contributed by atoms with Crippen LogP contribution < -0.4 is 10.6 Å². The normalized spacial score (nSPS) is 21.1. The van der Waals surface area contributed by atoms with Crippen LogP contribution in [0.5, 0.6) is 0 Å². The zero-order valence-corrected chi connectivity index (χ0v) is 13.6. The highest BCUT2D eigenvalue weighted by Crippen LogP contribution is 2.16. The molecule has 1 aromatic rings. The molecule has 5 nitrogen and oxygen atoms in total. The lowest BCUT2D eigenvalue weighted by atomic mass is 10.1. The number of carbonyl (C=O) groups is 1. The van der Waals surface area contributed by atoms with E-state index in [2.05, 4.69) is 10.6 Å². The van der Waals surface area contributed by atoms with E-state index in [0.29, 0.717) is 19.8 Å². The van der Waals surface area contributed by atoms with Crippen molar-refractivity contribution in [2.75, 3.05) is 19.8 Å². The van der Waals surface area contributed by atoms with Crippen LogP contribution in [-0.2, 0) is 11.3 Å². The van der Waals surface area contributed by atoms with Crippen LogP contribution in [0.1, 0.15) is 18.9 Å². The lowest BCUT2D eigenvalue weighted by Crippen LogP contribution is -2.42. The molecule has 3 N–H and O–H groups in total. The third kappa shape index (κ3) is 6.42. The number of benzene rings is 1. The molecule has 0 aromatic heterocycles. The molecule has 5 heteroatoms. The van der Waals surface area contributed by atoms with Gasteiger partial charge < -0.3 is 20.5 Å². The molecular formula is C18H26N2O3. The van der Waals surface area contributed by atoms with Crippen LogP contribution >= 0.6 is 0 Å². The molecule has 0 spiro atoms. The summed E-state index contributed by atoms with van der Waals surface area (Å²) in [4.78, 5) is 11.8. The lowest BCUT2D eigenvalue weighted by Gasteiger charge is -2.16. The third-order valence-corrected chi connectivity index (χ3v) is 3.85. The Hall–Kier alpha value is -1.85. The minimum absolute atomic E-state index is 0.0109. The molecule has 0 aliphatic heterocycles. The van der Waals surface area contributed by atoms with Crippen molar-refractivity contribution in [2.45, 2.75) is 26.0 Å². The van der Waals surface area contributed by atoms with Crippen LogP contribution in [0.4, 0.5) is 4.79 Å². The van der Waals surface area contributed by atoms with Crippen molar-refractivity contribution in [3.63, 3.8) is 0 Å². The highest BCUT2D eigenvalue weighted by molar-refractivity contribution is 5.74. The fourth-order valence-electron chi connectivity index (χ4n) is 2.51. The predicted octanol–water partition coefficient (Wildman–Crippen LogP) is 2.08. The van der Waals surface area contributed by atoms with Crippen LogP contribution in [0.25, 0.3) is 0 Å².